The van der Waals surface area contributed by atoms with Crippen LogP contribution in [0.5, 0.6) is 0 Å². The van der Waals surface area contributed by atoms with Crippen LogP contribution in [0.1, 0.15) is 5.76 Å². The van der Waals surface area contributed by atoms with Gasteiger partial charge in [0.1, 0.15) is 4.92 Å². The van der Waals surface area contributed by atoms with Crippen molar-refractivity contribution in [1.82, 2.24) is 25.1 Å². The quantitative estimate of drug-likeness (QED) is 0.319. The smallest absolute Gasteiger partial charge is 0.400 e. The van der Waals surface area contributed by atoms with Crippen molar-refractivity contribution in [2.24, 2.45) is 5.10 Å². The molecule has 0 bridgehead atoms. The molecular formula is C10H6N8O5. The standard InChI is InChI=1S/C10H6N8O5/c19-8-6-7(13-10(20)14-8)12-9(17-15-6)16-11-3-4-1-2-5(23-4)18(21)22/h1-3H,(H3,12,13,14,16,17,19,20)/b11-3+. The number of rotatable bonds is 4. The number of nitrogens with zero attached hydrogens (tertiary/aromatic N) is 5. The molecule has 0 amide bonds. The van der Waals surface area contributed by atoms with Gasteiger partial charge in [0.05, 0.1) is 12.3 Å². The first-order valence-electron chi connectivity index (χ1n) is 5.93. The van der Waals surface area contributed by atoms with Crippen LogP contribution in [0.2, 0.25) is 0 Å². The van der Waals surface area contributed by atoms with Crippen LogP contribution in [0.3, 0.4) is 0 Å². The minimum Gasteiger partial charge on any atom is -0.400 e. The summed E-state index contributed by atoms with van der Waals surface area (Å²) in [6.45, 7) is 0. The van der Waals surface area contributed by atoms with Crippen molar-refractivity contribution in [3.8, 4) is 0 Å². The number of hydrogen-bond acceptors (Lipinski definition) is 10. The van der Waals surface area contributed by atoms with Gasteiger partial charge in [0.15, 0.2) is 16.9 Å². The van der Waals surface area contributed by atoms with E-state index in [-0.39, 0.29) is 22.9 Å². The van der Waals surface area contributed by atoms with Gasteiger partial charge < -0.3 is 4.42 Å². The monoisotopic (exact) mass is 318 g/mol. The van der Waals surface area contributed by atoms with Crippen LogP contribution in [-0.4, -0.2) is 36.3 Å². The third-order valence-corrected chi connectivity index (χ3v) is 2.51. The second-order valence-electron chi connectivity index (χ2n) is 4.04. The van der Waals surface area contributed by atoms with Gasteiger partial charge in [-0.3, -0.25) is 24.9 Å². The Morgan fingerprint density at radius 3 is 2.87 bits per heavy atom. The molecule has 0 saturated carbocycles. The summed E-state index contributed by atoms with van der Waals surface area (Å²) in [7, 11) is 0. The maximum atomic E-state index is 11.4. The molecule has 0 aliphatic carbocycles. The van der Waals surface area contributed by atoms with Gasteiger partial charge in [-0.25, -0.2) is 10.2 Å². The third-order valence-electron chi connectivity index (χ3n) is 2.51. The zero-order valence-electron chi connectivity index (χ0n) is 11.0. The summed E-state index contributed by atoms with van der Waals surface area (Å²) in [6, 6.07) is 2.52. The Balaban J connectivity index is 1.81. The van der Waals surface area contributed by atoms with Crippen LogP contribution < -0.4 is 16.7 Å². The molecule has 3 aromatic heterocycles. The molecule has 3 N–H and O–H groups in total. The fourth-order valence-corrected chi connectivity index (χ4v) is 1.58. The Kier molecular flexibility index (Phi) is 3.34. The van der Waals surface area contributed by atoms with Crippen LogP contribution in [0.4, 0.5) is 11.8 Å². The second kappa shape index (κ2) is 5.47. The molecule has 0 aromatic carbocycles. The first kappa shape index (κ1) is 14.1. The number of anilines is 1. The minimum absolute atomic E-state index is 0.0694. The highest BCUT2D eigenvalue weighted by molar-refractivity contribution is 5.77. The number of furan rings is 1. The molecule has 0 aliphatic rings. The van der Waals surface area contributed by atoms with Crippen molar-refractivity contribution in [3.63, 3.8) is 0 Å². The molecule has 3 heterocycles. The highest BCUT2D eigenvalue weighted by Crippen LogP contribution is 2.13. The average Bonchev–Trinajstić information content (AvgIpc) is 2.96. The zero-order valence-corrected chi connectivity index (χ0v) is 11.0. The van der Waals surface area contributed by atoms with E-state index in [4.69, 9.17) is 4.42 Å². The number of aromatic amines is 2. The lowest BCUT2D eigenvalue weighted by Crippen LogP contribution is -2.23. The van der Waals surface area contributed by atoms with Crippen molar-refractivity contribution >= 4 is 29.2 Å². The van der Waals surface area contributed by atoms with E-state index in [0.29, 0.717) is 0 Å². The number of fused-ring (bicyclic) bond motifs is 1. The van der Waals surface area contributed by atoms with Gasteiger partial charge in [-0.05, 0) is 6.07 Å². The van der Waals surface area contributed by atoms with Crippen LogP contribution in [0.15, 0.2) is 31.2 Å². The Bertz CT molecular complexity index is 1030. The van der Waals surface area contributed by atoms with E-state index in [1.165, 1.54) is 12.1 Å². The van der Waals surface area contributed by atoms with E-state index in [1.807, 2.05) is 4.98 Å². The lowest BCUT2D eigenvalue weighted by atomic mass is 10.5. The number of nitro groups is 1. The Morgan fingerprint density at radius 1 is 1.30 bits per heavy atom. The summed E-state index contributed by atoms with van der Waals surface area (Å²) in [5.41, 5.74) is 0.719. The van der Waals surface area contributed by atoms with Crippen molar-refractivity contribution in [2.45, 2.75) is 0 Å². The maximum Gasteiger partial charge on any atom is 0.433 e. The molecule has 0 radical (unpaired) electrons. The van der Waals surface area contributed by atoms with E-state index < -0.39 is 22.1 Å². The highest BCUT2D eigenvalue weighted by Gasteiger charge is 2.10. The number of hydrogen-bond donors (Lipinski definition) is 3. The highest BCUT2D eigenvalue weighted by atomic mass is 16.6. The fraction of sp³-hybridized carbons (Fsp3) is 0. The summed E-state index contributed by atoms with van der Waals surface area (Å²) >= 11 is 0. The molecule has 0 unspecified atom stereocenters. The molecule has 3 aromatic rings. The predicted octanol–water partition coefficient (Wildman–Crippen LogP) is -0.651. The first-order valence-corrected chi connectivity index (χ1v) is 5.93. The van der Waals surface area contributed by atoms with Gasteiger partial charge in [0.2, 0.25) is 0 Å². The summed E-state index contributed by atoms with van der Waals surface area (Å²) in [6.07, 6.45) is 1.15. The SMILES string of the molecule is O=c1[nH]c(=O)c2nnc(N/N=C/c3ccc([N+](=O)[O-])o3)nc2[nH]1. The van der Waals surface area contributed by atoms with E-state index in [0.717, 1.165) is 6.21 Å². The van der Waals surface area contributed by atoms with E-state index in [2.05, 4.69) is 30.7 Å². The maximum absolute atomic E-state index is 11.4. The van der Waals surface area contributed by atoms with Gasteiger partial charge in [-0.2, -0.15) is 10.1 Å². The van der Waals surface area contributed by atoms with Crippen LogP contribution in [0, 0.1) is 10.1 Å². The molecular weight excluding hydrogens is 312 g/mol. The summed E-state index contributed by atoms with van der Waals surface area (Å²) < 4.78 is 4.85. The molecule has 116 valence electrons. The van der Waals surface area contributed by atoms with Crippen LogP contribution in [0.25, 0.3) is 11.2 Å². The third kappa shape index (κ3) is 2.92. The molecule has 0 fully saturated rings. The van der Waals surface area contributed by atoms with Crippen molar-refractivity contribution < 1.29 is 9.34 Å². The minimum atomic E-state index is -0.736. The Labute approximate surface area is 124 Å². The van der Waals surface area contributed by atoms with E-state index in [9.17, 15) is 19.7 Å². The molecule has 0 saturated heterocycles. The van der Waals surface area contributed by atoms with Crippen molar-refractivity contribution in [2.75, 3.05) is 5.43 Å². The molecule has 13 nitrogen and oxygen atoms in total. The van der Waals surface area contributed by atoms with Crippen molar-refractivity contribution in [1.29, 1.82) is 0 Å². The predicted molar refractivity (Wildman–Crippen MR) is 75.2 cm³/mol. The average molecular weight is 318 g/mol. The van der Waals surface area contributed by atoms with Gasteiger partial charge in [-0.15, -0.1) is 10.2 Å². The molecule has 0 aliphatic heterocycles. The number of hydrazone groups is 1. The summed E-state index contributed by atoms with van der Waals surface area (Å²) in [4.78, 5) is 40.5. The number of nitrogens with one attached hydrogen (secondary N) is 3. The molecule has 3 rings (SSSR count). The Hall–Kier alpha value is -3.90. The lowest BCUT2D eigenvalue weighted by molar-refractivity contribution is -0.402. The fourth-order valence-electron chi connectivity index (χ4n) is 1.58. The van der Waals surface area contributed by atoms with E-state index >= 15 is 0 Å². The number of H-pyrrole nitrogens is 2. The zero-order chi connectivity index (χ0) is 16.4. The lowest BCUT2D eigenvalue weighted by Gasteiger charge is -1.98. The molecule has 23 heavy (non-hydrogen) atoms. The summed E-state index contributed by atoms with van der Waals surface area (Å²) in [5, 5.41) is 21.4. The van der Waals surface area contributed by atoms with Crippen LogP contribution in [-0.2, 0) is 0 Å². The molecule has 0 atom stereocenters. The Morgan fingerprint density at radius 2 is 2.13 bits per heavy atom. The van der Waals surface area contributed by atoms with Crippen LogP contribution >= 0.6 is 0 Å². The normalized spacial score (nSPS) is 11.1. The first-order chi connectivity index (χ1) is 11.0. The summed E-state index contributed by atoms with van der Waals surface area (Å²) in [5.74, 6) is -0.397. The van der Waals surface area contributed by atoms with Gasteiger partial charge >= 0.3 is 11.6 Å². The molecule has 0 spiro atoms. The van der Waals surface area contributed by atoms with E-state index in [1.54, 1.807) is 0 Å². The van der Waals surface area contributed by atoms with Gasteiger partial charge in [-0.1, -0.05) is 0 Å². The topological polar surface area (TPSA) is 185 Å². The second-order valence-corrected chi connectivity index (χ2v) is 4.04. The van der Waals surface area contributed by atoms with Gasteiger partial charge in [0, 0.05) is 0 Å². The van der Waals surface area contributed by atoms with Crippen molar-refractivity contribution in [3.05, 3.63) is 48.8 Å². The number of aromatic nitrogens is 5. The van der Waals surface area contributed by atoms with Gasteiger partial charge in [0.25, 0.3) is 11.5 Å². The largest absolute Gasteiger partial charge is 0.433 e. The molecule has 13 heteroatoms.